The van der Waals surface area contributed by atoms with E-state index in [-0.39, 0.29) is 0 Å². The molecule has 0 aliphatic carbocycles. The molecule has 8 heteroatoms. The molecule has 4 heterocycles. The maximum atomic E-state index is 4.73. The molecule has 0 N–H and O–H groups in total. The van der Waals surface area contributed by atoms with Gasteiger partial charge < -0.3 is 4.57 Å². The van der Waals surface area contributed by atoms with Gasteiger partial charge in [0.05, 0.1) is 6.20 Å². The van der Waals surface area contributed by atoms with Gasteiger partial charge in [-0.3, -0.25) is 0 Å². The maximum Gasteiger partial charge on any atom is 0.213 e. The first kappa shape index (κ1) is 14.3. The predicted molar refractivity (Wildman–Crippen MR) is 102 cm³/mol. The molecule has 5 aromatic rings. The number of imidazole rings is 1. The summed E-state index contributed by atoms with van der Waals surface area (Å²) < 4.78 is 5.03. The van der Waals surface area contributed by atoms with Gasteiger partial charge in [-0.25, -0.2) is 14.5 Å². The topological polar surface area (TPSA) is 48.0 Å². The van der Waals surface area contributed by atoms with Gasteiger partial charge in [-0.1, -0.05) is 27.3 Å². The van der Waals surface area contributed by atoms with E-state index in [0.29, 0.717) is 0 Å². The molecule has 0 unspecified atom stereocenters. The Balaban J connectivity index is 1.67. The summed E-state index contributed by atoms with van der Waals surface area (Å²) in [5.41, 5.74) is 3.18. The van der Waals surface area contributed by atoms with Gasteiger partial charge in [-0.15, -0.1) is 11.3 Å². The van der Waals surface area contributed by atoms with Crippen LogP contribution in [-0.4, -0.2) is 24.1 Å². The minimum Gasteiger partial charge on any atom is -0.350 e. The molecular formula is C16H10BrN5S2. The molecule has 118 valence electrons. The highest BCUT2D eigenvalue weighted by molar-refractivity contribution is 9.10. The minimum atomic E-state index is 0.871. The lowest BCUT2D eigenvalue weighted by Gasteiger charge is -1.96. The molecule has 5 rings (SSSR count). The van der Waals surface area contributed by atoms with Gasteiger partial charge >= 0.3 is 0 Å². The van der Waals surface area contributed by atoms with Crippen LogP contribution < -0.4 is 0 Å². The third kappa shape index (κ3) is 2.14. The van der Waals surface area contributed by atoms with Gasteiger partial charge in [0.2, 0.25) is 4.96 Å². The summed E-state index contributed by atoms with van der Waals surface area (Å²) in [5, 5.41) is 9.75. The number of nitrogens with zero attached hydrogens (tertiary/aromatic N) is 5. The molecule has 4 aromatic heterocycles. The number of aryl methyl sites for hydroxylation is 1. The standard InChI is InChI=1S/C16H10BrN5S2/c1-21-7-11(10-6-9(17)2-3-13(10)21)14-20-22-8-12(19-16(22)24-14)15-18-4-5-23-15/h2-8H,1H3. The fourth-order valence-electron chi connectivity index (χ4n) is 2.80. The van der Waals surface area contributed by atoms with Crippen molar-refractivity contribution >= 4 is 54.5 Å². The Bertz CT molecular complexity index is 1150. The third-order valence-electron chi connectivity index (χ3n) is 3.88. The van der Waals surface area contributed by atoms with Crippen molar-refractivity contribution in [1.29, 1.82) is 0 Å². The summed E-state index contributed by atoms with van der Waals surface area (Å²) in [7, 11) is 2.05. The van der Waals surface area contributed by atoms with Crippen molar-refractivity contribution < 1.29 is 0 Å². The van der Waals surface area contributed by atoms with E-state index < -0.39 is 0 Å². The number of aromatic nitrogens is 5. The third-order valence-corrected chi connectivity index (χ3v) is 6.12. The number of thiazole rings is 1. The van der Waals surface area contributed by atoms with Crippen molar-refractivity contribution in [3.05, 3.63) is 46.6 Å². The Morgan fingerprint density at radius 3 is 2.88 bits per heavy atom. The Hall–Kier alpha value is -2.03. The minimum absolute atomic E-state index is 0.871. The molecule has 0 aliphatic heterocycles. The molecule has 0 saturated carbocycles. The zero-order valence-corrected chi connectivity index (χ0v) is 15.7. The number of hydrogen-bond donors (Lipinski definition) is 0. The number of fused-ring (bicyclic) bond motifs is 2. The lowest BCUT2D eigenvalue weighted by molar-refractivity contribution is 0.961. The smallest absolute Gasteiger partial charge is 0.213 e. The second kappa shape index (κ2) is 5.23. The second-order valence-corrected chi connectivity index (χ2v) is 8.18. The predicted octanol–water partition coefficient (Wildman–Crippen LogP) is 4.84. The quantitative estimate of drug-likeness (QED) is 0.414. The highest BCUT2D eigenvalue weighted by Gasteiger charge is 2.16. The lowest BCUT2D eigenvalue weighted by Crippen LogP contribution is -1.82. The normalized spacial score (nSPS) is 11.8. The molecule has 24 heavy (non-hydrogen) atoms. The Labute approximate surface area is 153 Å². The molecule has 0 bridgehead atoms. The van der Waals surface area contributed by atoms with Crippen LogP contribution in [0.5, 0.6) is 0 Å². The zero-order valence-electron chi connectivity index (χ0n) is 12.5. The summed E-state index contributed by atoms with van der Waals surface area (Å²) in [4.78, 5) is 9.84. The van der Waals surface area contributed by atoms with Crippen molar-refractivity contribution in [2.24, 2.45) is 7.05 Å². The van der Waals surface area contributed by atoms with E-state index >= 15 is 0 Å². The molecule has 0 aliphatic rings. The number of halogens is 1. The monoisotopic (exact) mass is 415 g/mol. The first-order valence-corrected chi connectivity index (χ1v) is 9.69. The highest BCUT2D eigenvalue weighted by Crippen LogP contribution is 2.35. The van der Waals surface area contributed by atoms with Gasteiger partial charge in [0.15, 0.2) is 0 Å². The molecule has 0 radical (unpaired) electrons. The Morgan fingerprint density at radius 2 is 2.08 bits per heavy atom. The second-order valence-electron chi connectivity index (χ2n) is 5.41. The Kier molecular flexibility index (Phi) is 3.12. The lowest BCUT2D eigenvalue weighted by atomic mass is 10.2. The molecule has 0 fully saturated rings. The van der Waals surface area contributed by atoms with E-state index in [9.17, 15) is 0 Å². The van der Waals surface area contributed by atoms with Crippen LogP contribution in [0.15, 0.2) is 46.6 Å². The van der Waals surface area contributed by atoms with Gasteiger partial charge in [-0.05, 0) is 18.2 Å². The van der Waals surface area contributed by atoms with E-state index in [2.05, 4.69) is 61.9 Å². The number of benzene rings is 1. The fourth-order valence-corrected chi connectivity index (χ4v) is 4.65. The van der Waals surface area contributed by atoms with Crippen LogP contribution in [-0.2, 0) is 7.05 Å². The van der Waals surface area contributed by atoms with Crippen LogP contribution in [0, 0.1) is 0 Å². The summed E-state index contributed by atoms with van der Waals surface area (Å²) in [6, 6.07) is 6.30. The summed E-state index contributed by atoms with van der Waals surface area (Å²) in [6.45, 7) is 0. The van der Waals surface area contributed by atoms with Gasteiger partial charge in [-0.2, -0.15) is 5.10 Å². The first-order valence-electron chi connectivity index (χ1n) is 7.20. The van der Waals surface area contributed by atoms with Gasteiger partial charge in [0.25, 0.3) is 0 Å². The fraction of sp³-hybridized carbons (Fsp3) is 0.0625. The highest BCUT2D eigenvalue weighted by atomic mass is 79.9. The molecular weight excluding hydrogens is 406 g/mol. The first-order chi connectivity index (χ1) is 11.7. The largest absolute Gasteiger partial charge is 0.350 e. The zero-order chi connectivity index (χ0) is 16.3. The number of hydrogen-bond acceptors (Lipinski definition) is 5. The summed E-state index contributed by atoms with van der Waals surface area (Å²) >= 11 is 6.73. The van der Waals surface area contributed by atoms with E-state index in [1.54, 1.807) is 28.9 Å². The van der Waals surface area contributed by atoms with E-state index in [1.165, 1.54) is 10.9 Å². The molecule has 1 aromatic carbocycles. The van der Waals surface area contributed by atoms with E-state index in [0.717, 1.165) is 30.7 Å². The van der Waals surface area contributed by atoms with Crippen LogP contribution in [0.1, 0.15) is 0 Å². The molecule has 5 nitrogen and oxygen atoms in total. The van der Waals surface area contributed by atoms with Crippen LogP contribution in [0.25, 0.3) is 37.1 Å². The van der Waals surface area contributed by atoms with E-state index in [4.69, 9.17) is 5.10 Å². The SMILES string of the molecule is Cn1cc(-c2nn3cc(-c4nccs4)nc3s2)c2cc(Br)ccc21. The van der Waals surface area contributed by atoms with Gasteiger partial charge in [0, 0.05) is 45.8 Å². The Morgan fingerprint density at radius 1 is 1.17 bits per heavy atom. The van der Waals surface area contributed by atoms with Crippen molar-refractivity contribution in [3.8, 4) is 21.3 Å². The van der Waals surface area contributed by atoms with Gasteiger partial charge in [0.1, 0.15) is 15.7 Å². The van der Waals surface area contributed by atoms with Crippen LogP contribution in [0.2, 0.25) is 0 Å². The summed E-state index contributed by atoms with van der Waals surface area (Å²) in [5.74, 6) is 0. The summed E-state index contributed by atoms with van der Waals surface area (Å²) in [6.07, 6.45) is 5.85. The average Bonchev–Trinajstić information content (AvgIpc) is 3.28. The van der Waals surface area contributed by atoms with Crippen molar-refractivity contribution in [1.82, 2.24) is 24.1 Å². The molecule has 0 saturated heterocycles. The average molecular weight is 416 g/mol. The molecule has 0 spiro atoms. The van der Waals surface area contributed by atoms with Crippen molar-refractivity contribution in [2.45, 2.75) is 0 Å². The van der Waals surface area contributed by atoms with Crippen LogP contribution in [0.3, 0.4) is 0 Å². The maximum absolute atomic E-state index is 4.73. The van der Waals surface area contributed by atoms with Crippen molar-refractivity contribution in [2.75, 3.05) is 0 Å². The number of rotatable bonds is 2. The van der Waals surface area contributed by atoms with Crippen LogP contribution >= 0.6 is 38.6 Å². The van der Waals surface area contributed by atoms with E-state index in [1.807, 2.05) is 16.1 Å². The molecule has 0 atom stereocenters. The van der Waals surface area contributed by atoms with Crippen LogP contribution in [0.4, 0.5) is 0 Å². The van der Waals surface area contributed by atoms with Crippen molar-refractivity contribution in [3.63, 3.8) is 0 Å². The molecule has 0 amide bonds.